The molecule has 0 aromatic carbocycles. The minimum absolute atomic E-state index is 0.302. The van der Waals surface area contributed by atoms with Crippen LogP contribution in [-0.4, -0.2) is 42.8 Å². The monoisotopic (exact) mass is 318 g/mol. The van der Waals surface area contributed by atoms with Crippen molar-refractivity contribution < 1.29 is 8.42 Å². The number of rotatable bonds is 6. The molecular formula is C12H22N4O2S2. The number of nitrogens with two attached hydrogens (primary N) is 1. The summed E-state index contributed by atoms with van der Waals surface area (Å²) >= 11 is 1.88. The Morgan fingerprint density at radius 2 is 2.25 bits per heavy atom. The van der Waals surface area contributed by atoms with Crippen LogP contribution >= 0.6 is 11.8 Å². The summed E-state index contributed by atoms with van der Waals surface area (Å²) < 4.78 is 29.3. The maximum absolute atomic E-state index is 12.4. The van der Waals surface area contributed by atoms with E-state index in [9.17, 15) is 8.42 Å². The number of nitrogens with one attached hydrogen (secondary N) is 1. The van der Waals surface area contributed by atoms with Gasteiger partial charge in [-0.25, -0.2) is 13.1 Å². The zero-order chi connectivity index (χ0) is 14.8. The number of hydrogen-bond acceptors (Lipinski definition) is 5. The normalized spacial score (nSPS) is 19.6. The highest BCUT2D eigenvalue weighted by atomic mass is 32.2. The third-order valence-corrected chi connectivity index (χ3v) is 6.42. The van der Waals surface area contributed by atoms with Crippen LogP contribution in [0.25, 0.3) is 0 Å². The Balaban J connectivity index is 2.15. The summed E-state index contributed by atoms with van der Waals surface area (Å²) in [5, 5.41) is 4.26. The molecule has 0 amide bonds. The third kappa shape index (κ3) is 3.36. The van der Waals surface area contributed by atoms with E-state index in [0.717, 1.165) is 17.9 Å². The lowest BCUT2D eigenvalue weighted by molar-refractivity contribution is 0.544. The van der Waals surface area contributed by atoms with E-state index in [2.05, 4.69) is 9.82 Å². The molecule has 1 saturated heterocycles. The topological polar surface area (TPSA) is 90.0 Å². The summed E-state index contributed by atoms with van der Waals surface area (Å²) in [5.41, 5.74) is 6.70. The molecule has 8 heteroatoms. The lowest BCUT2D eigenvalue weighted by Gasteiger charge is -2.11. The summed E-state index contributed by atoms with van der Waals surface area (Å²) in [6.07, 6.45) is 1.08. The van der Waals surface area contributed by atoms with Gasteiger partial charge >= 0.3 is 0 Å². The van der Waals surface area contributed by atoms with Crippen LogP contribution in [0.2, 0.25) is 0 Å². The fourth-order valence-corrected chi connectivity index (χ4v) is 5.26. The lowest BCUT2D eigenvalue weighted by Crippen LogP contribution is -2.30. The molecule has 0 aliphatic carbocycles. The average molecular weight is 318 g/mol. The van der Waals surface area contributed by atoms with Gasteiger partial charge in [0.2, 0.25) is 10.0 Å². The van der Waals surface area contributed by atoms with Crippen LogP contribution in [0.15, 0.2) is 4.90 Å². The van der Waals surface area contributed by atoms with E-state index in [0.29, 0.717) is 41.8 Å². The highest BCUT2D eigenvalue weighted by molar-refractivity contribution is 7.99. The smallest absolute Gasteiger partial charge is 0.244 e. The van der Waals surface area contributed by atoms with Gasteiger partial charge in [0.1, 0.15) is 4.90 Å². The molecule has 20 heavy (non-hydrogen) atoms. The molecule has 0 bridgehead atoms. The van der Waals surface area contributed by atoms with Gasteiger partial charge in [0.15, 0.2) is 0 Å². The zero-order valence-corrected chi connectivity index (χ0v) is 13.6. The predicted octanol–water partition coefficient (Wildman–Crippen LogP) is 0.490. The average Bonchev–Trinajstić information content (AvgIpc) is 2.97. The number of hydrogen-bond donors (Lipinski definition) is 2. The van der Waals surface area contributed by atoms with Gasteiger partial charge in [0.05, 0.1) is 17.9 Å². The highest BCUT2D eigenvalue weighted by Gasteiger charge is 2.26. The Morgan fingerprint density at radius 1 is 1.50 bits per heavy atom. The lowest BCUT2D eigenvalue weighted by atomic mass is 10.1. The van der Waals surface area contributed by atoms with Crippen LogP contribution in [0, 0.1) is 19.8 Å². The van der Waals surface area contributed by atoms with Crippen molar-refractivity contribution in [3.05, 3.63) is 11.4 Å². The summed E-state index contributed by atoms with van der Waals surface area (Å²) in [6.45, 7) is 4.97. The van der Waals surface area contributed by atoms with E-state index >= 15 is 0 Å². The molecular weight excluding hydrogens is 296 g/mol. The van der Waals surface area contributed by atoms with Crippen molar-refractivity contribution in [3.8, 4) is 0 Å². The Labute approximate surface area is 124 Å². The molecule has 114 valence electrons. The van der Waals surface area contributed by atoms with Crippen molar-refractivity contribution in [2.75, 3.05) is 24.6 Å². The molecule has 1 unspecified atom stereocenters. The summed E-state index contributed by atoms with van der Waals surface area (Å²) in [6, 6.07) is 0. The van der Waals surface area contributed by atoms with E-state index < -0.39 is 10.0 Å². The third-order valence-electron chi connectivity index (χ3n) is 3.51. The van der Waals surface area contributed by atoms with Gasteiger partial charge in [-0.15, -0.1) is 0 Å². The van der Waals surface area contributed by atoms with Gasteiger partial charge in [-0.1, -0.05) is 0 Å². The molecule has 1 fully saturated rings. The number of nitrogens with zero attached hydrogens (tertiary/aromatic N) is 2. The number of aryl methyl sites for hydroxylation is 1. The Morgan fingerprint density at radius 3 is 2.85 bits per heavy atom. The minimum Gasteiger partial charge on any atom is -0.329 e. The number of thioether (sulfide) groups is 1. The molecule has 1 aliphatic rings. The quantitative estimate of drug-likeness (QED) is 0.797. The van der Waals surface area contributed by atoms with E-state index in [4.69, 9.17) is 5.73 Å². The SMILES string of the molecule is Cc1nn(CCN)c(C)c1S(=O)(=O)NCC1CCSC1. The van der Waals surface area contributed by atoms with Crippen LogP contribution in [-0.2, 0) is 16.6 Å². The fraction of sp³-hybridized carbons (Fsp3) is 0.750. The van der Waals surface area contributed by atoms with Crippen molar-refractivity contribution in [3.63, 3.8) is 0 Å². The predicted molar refractivity (Wildman–Crippen MR) is 81.4 cm³/mol. The highest BCUT2D eigenvalue weighted by Crippen LogP contribution is 2.24. The fourth-order valence-electron chi connectivity index (χ4n) is 2.45. The summed E-state index contributed by atoms with van der Waals surface area (Å²) in [5.74, 6) is 2.60. The van der Waals surface area contributed by atoms with Crippen molar-refractivity contribution in [2.45, 2.75) is 31.7 Å². The minimum atomic E-state index is -3.49. The van der Waals surface area contributed by atoms with E-state index in [1.807, 2.05) is 11.8 Å². The summed E-state index contributed by atoms with van der Waals surface area (Å²) in [4.78, 5) is 0.302. The van der Waals surface area contributed by atoms with Crippen molar-refractivity contribution in [2.24, 2.45) is 11.7 Å². The van der Waals surface area contributed by atoms with Gasteiger partial charge in [-0.2, -0.15) is 16.9 Å². The molecule has 1 atom stereocenters. The zero-order valence-electron chi connectivity index (χ0n) is 11.9. The second kappa shape index (κ2) is 6.46. The Kier molecular flexibility index (Phi) is 5.11. The second-order valence-electron chi connectivity index (χ2n) is 5.09. The summed E-state index contributed by atoms with van der Waals surface area (Å²) in [7, 11) is -3.49. The van der Waals surface area contributed by atoms with Crippen LogP contribution in [0.1, 0.15) is 17.8 Å². The van der Waals surface area contributed by atoms with Gasteiger partial charge in [0, 0.05) is 13.1 Å². The first-order valence-electron chi connectivity index (χ1n) is 6.77. The molecule has 1 aromatic heterocycles. The van der Waals surface area contributed by atoms with E-state index in [1.165, 1.54) is 0 Å². The van der Waals surface area contributed by atoms with Gasteiger partial charge in [-0.3, -0.25) is 4.68 Å². The first-order valence-corrected chi connectivity index (χ1v) is 9.41. The van der Waals surface area contributed by atoms with Crippen molar-refractivity contribution in [1.29, 1.82) is 0 Å². The van der Waals surface area contributed by atoms with Gasteiger partial charge in [-0.05, 0) is 37.7 Å². The molecule has 2 heterocycles. The number of sulfonamides is 1. The van der Waals surface area contributed by atoms with E-state index in [-0.39, 0.29) is 0 Å². The molecule has 1 aromatic rings. The van der Waals surface area contributed by atoms with Crippen molar-refractivity contribution in [1.82, 2.24) is 14.5 Å². The molecule has 2 rings (SSSR count). The standard InChI is InChI=1S/C12H22N4O2S2/c1-9-12(10(2)16(15-9)5-4-13)20(17,18)14-7-11-3-6-19-8-11/h11,14H,3-8,13H2,1-2H3. The van der Waals surface area contributed by atoms with Gasteiger partial charge in [0.25, 0.3) is 0 Å². The molecule has 0 radical (unpaired) electrons. The first-order chi connectivity index (χ1) is 9.45. The first kappa shape index (κ1) is 15.8. The molecule has 0 saturated carbocycles. The molecule has 3 N–H and O–H groups in total. The Bertz CT molecular complexity index is 562. The van der Waals surface area contributed by atoms with Crippen LogP contribution in [0.5, 0.6) is 0 Å². The maximum atomic E-state index is 12.4. The molecule has 6 nitrogen and oxygen atoms in total. The van der Waals surface area contributed by atoms with Crippen LogP contribution in [0.3, 0.4) is 0 Å². The molecule has 0 spiro atoms. The largest absolute Gasteiger partial charge is 0.329 e. The van der Waals surface area contributed by atoms with Crippen LogP contribution < -0.4 is 10.5 Å². The Hall–Kier alpha value is -0.570. The van der Waals surface area contributed by atoms with Gasteiger partial charge < -0.3 is 5.73 Å². The maximum Gasteiger partial charge on any atom is 0.244 e. The van der Waals surface area contributed by atoms with Crippen LogP contribution in [0.4, 0.5) is 0 Å². The van der Waals surface area contributed by atoms with E-state index in [1.54, 1.807) is 18.5 Å². The molecule has 1 aliphatic heterocycles. The van der Waals surface area contributed by atoms with Crippen molar-refractivity contribution >= 4 is 21.8 Å². The number of aromatic nitrogens is 2. The second-order valence-corrected chi connectivity index (χ2v) is 7.95.